The molecule has 1 unspecified atom stereocenters. The molecular formula is C8H13NO3. The van der Waals surface area contributed by atoms with E-state index in [4.69, 9.17) is 4.74 Å². The minimum atomic E-state index is -0.399. The van der Waals surface area contributed by atoms with Crippen LogP contribution in [-0.4, -0.2) is 24.5 Å². The summed E-state index contributed by atoms with van der Waals surface area (Å²) in [4.78, 5) is 21.9. The first kappa shape index (κ1) is 9.03. The van der Waals surface area contributed by atoms with E-state index in [1.807, 2.05) is 6.92 Å². The van der Waals surface area contributed by atoms with Crippen molar-refractivity contribution in [1.29, 1.82) is 0 Å². The third kappa shape index (κ3) is 2.22. The lowest BCUT2D eigenvalue weighted by Gasteiger charge is -2.07. The van der Waals surface area contributed by atoms with Crippen molar-refractivity contribution >= 4 is 11.9 Å². The van der Waals surface area contributed by atoms with Crippen LogP contribution in [0.4, 0.5) is 0 Å². The van der Waals surface area contributed by atoms with E-state index in [0.717, 1.165) is 6.42 Å². The summed E-state index contributed by atoms with van der Waals surface area (Å²) in [5, 5.41) is 2.62. The Kier molecular flexibility index (Phi) is 3.08. The molecule has 0 aromatic rings. The van der Waals surface area contributed by atoms with Crippen molar-refractivity contribution in [2.45, 2.75) is 32.2 Å². The van der Waals surface area contributed by atoms with Crippen LogP contribution >= 0.6 is 0 Å². The highest BCUT2D eigenvalue weighted by molar-refractivity contribution is 5.85. The zero-order chi connectivity index (χ0) is 8.97. The van der Waals surface area contributed by atoms with Crippen LogP contribution in [0, 0.1) is 0 Å². The fourth-order valence-electron chi connectivity index (χ4n) is 1.12. The molecular weight excluding hydrogens is 158 g/mol. The molecule has 1 heterocycles. The highest BCUT2D eigenvalue weighted by atomic mass is 16.5. The summed E-state index contributed by atoms with van der Waals surface area (Å²) >= 11 is 0. The SMILES string of the molecule is CCCC(=O)NC1CCOC1=O. The molecule has 0 aromatic heterocycles. The Balaban J connectivity index is 2.30. The first-order valence-electron chi connectivity index (χ1n) is 4.20. The van der Waals surface area contributed by atoms with Gasteiger partial charge in [0.25, 0.3) is 0 Å². The van der Waals surface area contributed by atoms with Crippen molar-refractivity contribution in [2.75, 3.05) is 6.61 Å². The number of amides is 1. The van der Waals surface area contributed by atoms with Gasteiger partial charge in [-0.3, -0.25) is 4.79 Å². The number of hydrogen-bond acceptors (Lipinski definition) is 3. The van der Waals surface area contributed by atoms with Crippen molar-refractivity contribution in [3.8, 4) is 0 Å². The maximum Gasteiger partial charge on any atom is 0.328 e. The Morgan fingerprint density at radius 2 is 2.50 bits per heavy atom. The number of rotatable bonds is 3. The van der Waals surface area contributed by atoms with Crippen LogP contribution < -0.4 is 5.32 Å². The largest absolute Gasteiger partial charge is 0.464 e. The summed E-state index contributed by atoms with van der Waals surface area (Å²) < 4.78 is 4.69. The average Bonchev–Trinajstić information content (AvgIpc) is 2.37. The molecule has 0 bridgehead atoms. The molecule has 1 fully saturated rings. The van der Waals surface area contributed by atoms with Gasteiger partial charge in [0.2, 0.25) is 5.91 Å². The average molecular weight is 171 g/mol. The van der Waals surface area contributed by atoms with Crippen LogP contribution in [0.5, 0.6) is 0 Å². The topological polar surface area (TPSA) is 55.4 Å². The summed E-state index contributed by atoms with van der Waals surface area (Å²) in [6, 6.07) is -0.399. The number of nitrogens with one attached hydrogen (secondary N) is 1. The van der Waals surface area contributed by atoms with Gasteiger partial charge in [0.1, 0.15) is 6.04 Å². The molecule has 1 aliphatic rings. The second kappa shape index (κ2) is 4.09. The van der Waals surface area contributed by atoms with Crippen molar-refractivity contribution in [2.24, 2.45) is 0 Å². The minimum absolute atomic E-state index is 0.0682. The molecule has 1 N–H and O–H groups in total. The van der Waals surface area contributed by atoms with Crippen LogP contribution in [0.2, 0.25) is 0 Å². The molecule has 12 heavy (non-hydrogen) atoms. The minimum Gasteiger partial charge on any atom is -0.464 e. The highest BCUT2D eigenvalue weighted by Gasteiger charge is 2.27. The smallest absolute Gasteiger partial charge is 0.328 e. The van der Waals surface area contributed by atoms with E-state index in [1.54, 1.807) is 0 Å². The molecule has 1 atom stereocenters. The first-order valence-corrected chi connectivity index (χ1v) is 4.20. The molecule has 0 aromatic carbocycles. The first-order chi connectivity index (χ1) is 5.74. The Morgan fingerprint density at radius 1 is 1.75 bits per heavy atom. The standard InChI is InChI=1S/C8H13NO3/c1-2-3-7(10)9-6-4-5-12-8(6)11/h6H,2-5H2,1H3,(H,9,10). The predicted octanol–water partition coefficient (Wildman–Crippen LogP) is 0.218. The monoisotopic (exact) mass is 171 g/mol. The van der Waals surface area contributed by atoms with Crippen molar-refractivity contribution < 1.29 is 14.3 Å². The molecule has 4 heteroatoms. The molecule has 1 aliphatic heterocycles. The molecule has 1 amide bonds. The van der Waals surface area contributed by atoms with E-state index < -0.39 is 6.04 Å². The lowest BCUT2D eigenvalue weighted by Crippen LogP contribution is -2.37. The van der Waals surface area contributed by atoms with E-state index in [-0.39, 0.29) is 11.9 Å². The van der Waals surface area contributed by atoms with E-state index in [1.165, 1.54) is 0 Å². The van der Waals surface area contributed by atoms with Gasteiger partial charge in [-0.15, -0.1) is 0 Å². The normalized spacial score (nSPS) is 22.1. The molecule has 4 nitrogen and oxygen atoms in total. The number of carbonyl (C=O) groups is 2. The lowest BCUT2D eigenvalue weighted by atomic mass is 10.2. The Morgan fingerprint density at radius 3 is 3.00 bits per heavy atom. The molecule has 1 saturated heterocycles. The van der Waals surface area contributed by atoms with Crippen LogP contribution in [0.1, 0.15) is 26.2 Å². The highest BCUT2D eigenvalue weighted by Crippen LogP contribution is 2.05. The predicted molar refractivity (Wildman–Crippen MR) is 42.4 cm³/mol. The van der Waals surface area contributed by atoms with Crippen LogP contribution in [0.3, 0.4) is 0 Å². The maximum absolute atomic E-state index is 11.0. The van der Waals surface area contributed by atoms with Gasteiger partial charge in [-0.2, -0.15) is 0 Å². The van der Waals surface area contributed by atoms with Gasteiger partial charge in [0, 0.05) is 12.8 Å². The van der Waals surface area contributed by atoms with Gasteiger partial charge in [0.05, 0.1) is 6.61 Å². The van der Waals surface area contributed by atoms with Gasteiger partial charge in [-0.25, -0.2) is 4.79 Å². The summed E-state index contributed by atoms with van der Waals surface area (Å²) in [5.74, 6) is -0.374. The Labute approximate surface area is 71.3 Å². The number of cyclic esters (lactones) is 1. The Bertz CT molecular complexity index is 191. The van der Waals surface area contributed by atoms with E-state index in [2.05, 4.69) is 5.32 Å². The Hall–Kier alpha value is -1.06. The fourth-order valence-corrected chi connectivity index (χ4v) is 1.12. The third-order valence-corrected chi connectivity index (χ3v) is 1.75. The van der Waals surface area contributed by atoms with E-state index in [9.17, 15) is 9.59 Å². The van der Waals surface area contributed by atoms with Crippen LogP contribution in [-0.2, 0) is 14.3 Å². The lowest BCUT2D eigenvalue weighted by molar-refractivity contribution is -0.141. The molecule has 0 aliphatic carbocycles. The molecule has 0 saturated carbocycles. The molecule has 1 rings (SSSR count). The van der Waals surface area contributed by atoms with E-state index in [0.29, 0.717) is 19.4 Å². The zero-order valence-electron chi connectivity index (χ0n) is 7.13. The van der Waals surface area contributed by atoms with Crippen molar-refractivity contribution in [3.63, 3.8) is 0 Å². The number of esters is 1. The quantitative estimate of drug-likeness (QED) is 0.618. The van der Waals surface area contributed by atoms with Gasteiger partial charge in [-0.1, -0.05) is 6.92 Å². The van der Waals surface area contributed by atoms with Crippen molar-refractivity contribution in [1.82, 2.24) is 5.32 Å². The van der Waals surface area contributed by atoms with Crippen molar-refractivity contribution in [3.05, 3.63) is 0 Å². The van der Waals surface area contributed by atoms with Crippen LogP contribution in [0.25, 0.3) is 0 Å². The molecule has 0 spiro atoms. The summed E-state index contributed by atoms with van der Waals surface area (Å²) in [7, 11) is 0. The van der Waals surface area contributed by atoms with Gasteiger partial charge in [-0.05, 0) is 6.42 Å². The van der Waals surface area contributed by atoms with Gasteiger partial charge in [0.15, 0.2) is 0 Å². The number of carbonyl (C=O) groups excluding carboxylic acids is 2. The van der Waals surface area contributed by atoms with Gasteiger partial charge < -0.3 is 10.1 Å². The molecule has 0 radical (unpaired) electrons. The zero-order valence-corrected chi connectivity index (χ0v) is 7.13. The second-order valence-electron chi connectivity index (χ2n) is 2.83. The third-order valence-electron chi connectivity index (χ3n) is 1.75. The summed E-state index contributed by atoms with van der Waals surface area (Å²) in [6.45, 7) is 2.35. The fraction of sp³-hybridized carbons (Fsp3) is 0.750. The maximum atomic E-state index is 11.0. The van der Waals surface area contributed by atoms with E-state index >= 15 is 0 Å². The van der Waals surface area contributed by atoms with Crippen LogP contribution in [0.15, 0.2) is 0 Å². The number of hydrogen-bond donors (Lipinski definition) is 1. The second-order valence-corrected chi connectivity index (χ2v) is 2.83. The summed E-state index contributed by atoms with van der Waals surface area (Å²) in [6.07, 6.45) is 1.88. The summed E-state index contributed by atoms with van der Waals surface area (Å²) in [5.41, 5.74) is 0. The number of ether oxygens (including phenoxy) is 1. The molecule has 68 valence electrons. The van der Waals surface area contributed by atoms with Gasteiger partial charge >= 0.3 is 5.97 Å².